The fourth-order valence-electron chi connectivity index (χ4n) is 3.92. The Bertz CT molecular complexity index is 663. The molecule has 1 saturated carbocycles. The predicted molar refractivity (Wildman–Crippen MR) is 83.0 cm³/mol. The molecule has 0 bridgehead atoms. The van der Waals surface area contributed by atoms with E-state index in [4.69, 9.17) is 4.74 Å². The Hall–Kier alpha value is -1.67. The lowest BCUT2D eigenvalue weighted by molar-refractivity contribution is -0.141. The summed E-state index contributed by atoms with van der Waals surface area (Å²) in [7, 11) is 0. The van der Waals surface area contributed by atoms with E-state index in [-0.39, 0.29) is 11.6 Å². The highest BCUT2D eigenvalue weighted by molar-refractivity contribution is 5.95. The van der Waals surface area contributed by atoms with Gasteiger partial charge in [-0.15, -0.1) is 0 Å². The molecule has 2 saturated heterocycles. The smallest absolute Gasteiger partial charge is 0.378 e. The molecule has 5 nitrogen and oxygen atoms in total. The van der Waals surface area contributed by atoms with Gasteiger partial charge in [0.05, 0.1) is 24.8 Å². The molecule has 3 aliphatic rings. The quantitative estimate of drug-likeness (QED) is 0.815. The van der Waals surface area contributed by atoms with Crippen molar-refractivity contribution in [2.24, 2.45) is 5.92 Å². The number of carbonyl (C=O) groups excluding carboxylic acids is 1. The van der Waals surface area contributed by atoms with Gasteiger partial charge < -0.3 is 9.64 Å². The van der Waals surface area contributed by atoms with E-state index >= 15 is 0 Å². The lowest BCUT2D eigenvalue weighted by Crippen LogP contribution is -2.63. The van der Waals surface area contributed by atoms with Crippen molar-refractivity contribution in [2.45, 2.75) is 31.1 Å². The molecule has 8 heteroatoms. The summed E-state index contributed by atoms with van der Waals surface area (Å²) in [4.78, 5) is 20.0. The molecule has 3 fully saturated rings. The molecular weight excluding hydrogens is 335 g/mol. The van der Waals surface area contributed by atoms with Gasteiger partial charge in [0.15, 0.2) is 5.69 Å². The van der Waals surface area contributed by atoms with Gasteiger partial charge in [-0.1, -0.05) is 0 Å². The van der Waals surface area contributed by atoms with Crippen LogP contribution >= 0.6 is 0 Å². The van der Waals surface area contributed by atoms with Gasteiger partial charge in [0.1, 0.15) is 0 Å². The van der Waals surface area contributed by atoms with Crippen LogP contribution in [0.5, 0.6) is 0 Å². The molecule has 1 amide bonds. The second-order valence-electron chi connectivity index (χ2n) is 6.98. The third-order valence-electron chi connectivity index (χ3n) is 5.31. The molecule has 0 unspecified atom stereocenters. The minimum absolute atomic E-state index is 0.0584. The number of morpholine rings is 1. The number of pyridine rings is 1. The number of rotatable bonds is 2. The second kappa shape index (κ2) is 6.25. The maximum absolute atomic E-state index is 13.1. The molecule has 0 spiro atoms. The minimum atomic E-state index is -4.64. The topological polar surface area (TPSA) is 45.7 Å². The zero-order valence-electron chi connectivity index (χ0n) is 13.7. The molecule has 2 aliphatic heterocycles. The number of piperazine rings is 1. The molecule has 25 heavy (non-hydrogen) atoms. The molecular formula is C17H20F3N3O2. The summed E-state index contributed by atoms with van der Waals surface area (Å²) in [5.74, 6) is 0.0637. The Labute approximate surface area is 143 Å². The van der Waals surface area contributed by atoms with Gasteiger partial charge in [-0.05, 0) is 30.9 Å². The fraction of sp³-hybridized carbons (Fsp3) is 0.647. The van der Waals surface area contributed by atoms with Gasteiger partial charge >= 0.3 is 6.18 Å². The average Bonchev–Trinajstić information content (AvgIpc) is 3.44. The number of amides is 1. The SMILES string of the molecule is O=C(c1cccnc1C(F)(F)F)N1CCN2[C@@H](COC[C@@H]2C2CC2)C1. The van der Waals surface area contributed by atoms with Crippen LogP contribution in [0.1, 0.15) is 28.9 Å². The lowest BCUT2D eigenvalue weighted by atomic mass is 10.0. The number of ether oxygens (including phenoxy) is 1. The molecule has 3 heterocycles. The van der Waals surface area contributed by atoms with E-state index in [2.05, 4.69) is 9.88 Å². The van der Waals surface area contributed by atoms with Gasteiger partial charge in [0, 0.05) is 31.9 Å². The maximum atomic E-state index is 13.1. The van der Waals surface area contributed by atoms with E-state index in [1.54, 1.807) is 0 Å². The minimum Gasteiger partial charge on any atom is -0.378 e. The van der Waals surface area contributed by atoms with E-state index in [0.29, 0.717) is 38.2 Å². The summed E-state index contributed by atoms with van der Waals surface area (Å²) in [5.41, 5.74) is -1.49. The van der Waals surface area contributed by atoms with Crippen molar-refractivity contribution in [3.8, 4) is 0 Å². The number of hydrogen-bond donors (Lipinski definition) is 0. The van der Waals surface area contributed by atoms with Crippen molar-refractivity contribution in [1.82, 2.24) is 14.8 Å². The number of aromatic nitrogens is 1. The summed E-state index contributed by atoms with van der Waals surface area (Å²) < 4.78 is 45.1. The highest BCUT2D eigenvalue weighted by Gasteiger charge is 2.44. The van der Waals surface area contributed by atoms with E-state index in [1.165, 1.54) is 29.9 Å². The van der Waals surface area contributed by atoms with Crippen LogP contribution in [0.3, 0.4) is 0 Å². The van der Waals surface area contributed by atoms with E-state index in [0.717, 1.165) is 12.8 Å². The van der Waals surface area contributed by atoms with Crippen LogP contribution in [0.4, 0.5) is 13.2 Å². The van der Waals surface area contributed by atoms with Crippen molar-refractivity contribution in [3.63, 3.8) is 0 Å². The van der Waals surface area contributed by atoms with Gasteiger partial charge in [-0.3, -0.25) is 14.7 Å². The highest BCUT2D eigenvalue weighted by Crippen LogP contribution is 2.38. The summed E-state index contributed by atoms with van der Waals surface area (Å²) in [6.45, 7) is 2.75. The fourth-order valence-corrected chi connectivity index (χ4v) is 3.92. The summed E-state index contributed by atoms with van der Waals surface area (Å²) >= 11 is 0. The van der Waals surface area contributed by atoms with Gasteiger partial charge in [-0.25, -0.2) is 0 Å². The average molecular weight is 355 g/mol. The van der Waals surface area contributed by atoms with E-state index in [9.17, 15) is 18.0 Å². The largest absolute Gasteiger partial charge is 0.434 e. The molecule has 0 N–H and O–H groups in total. The van der Waals surface area contributed by atoms with Crippen molar-refractivity contribution >= 4 is 5.91 Å². The van der Waals surface area contributed by atoms with Crippen LogP contribution in [0.2, 0.25) is 0 Å². The van der Waals surface area contributed by atoms with Gasteiger partial charge in [0.2, 0.25) is 0 Å². The number of alkyl halides is 3. The van der Waals surface area contributed by atoms with Crippen molar-refractivity contribution in [1.29, 1.82) is 0 Å². The second-order valence-corrected chi connectivity index (χ2v) is 6.98. The first-order valence-corrected chi connectivity index (χ1v) is 8.60. The molecule has 1 aliphatic carbocycles. The number of fused-ring (bicyclic) bond motifs is 1. The van der Waals surface area contributed by atoms with Crippen LogP contribution in [0, 0.1) is 5.92 Å². The van der Waals surface area contributed by atoms with Crippen LogP contribution in [0.15, 0.2) is 18.3 Å². The zero-order chi connectivity index (χ0) is 17.6. The summed E-state index contributed by atoms with van der Waals surface area (Å²) in [5, 5.41) is 0. The number of halogens is 3. The van der Waals surface area contributed by atoms with Crippen molar-refractivity contribution in [2.75, 3.05) is 32.8 Å². The number of carbonyl (C=O) groups is 1. The van der Waals surface area contributed by atoms with E-state index < -0.39 is 17.8 Å². The van der Waals surface area contributed by atoms with Crippen LogP contribution < -0.4 is 0 Å². The Kier molecular flexibility index (Phi) is 4.19. The van der Waals surface area contributed by atoms with Crippen LogP contribution in [-0.2, 0) is 10.9 Å². The maximum Gasteiger partial charge on any atom is 0.434 e. The van der Waals surface area contributed by atoms with Gasteiger partial charge in [-0.2, -0.15) is 13.2 Å². The third-order valence-corrected chi connectivity index (χ3v) is 5.31. The lowest BCUT2D eigenvalue weighted by Gasteiger charge is -2.48. The van der Waals surface area contributed by atoms with Crippen molar-refractivity contribution < 1.29 is 22.7 Å². The Morgan fingerprint density at radius 3 is 2.76 bits per heavy atom. The normalized spacial score (nSPS) is 27.9. The van der Waals surface area contributed by atoms with Crippen LogP contribution in [-0.4, -0.2) is 65.6 Å². The molecule has 1 aromatic heterocycles. The van der Waals surface area contributed by atoms with Gasteiger partial charge in [0.25, 0.3) is 5.91 Å². The molecule has 0 radical (unpaired) electrons. The monoisotopic (exact) mass is 355 g/mol. The van der Waals surface area contributed by atoms with E-state index in [1.807, 2.05) is 0 Å². The number of hydrogen-bond acceptors (Lipinski definition) is 4. The standard InChI is InChI=1S/C17H20F3N3O2/c18-17(19,20)15-13(2-1-5-21-15)16(24)22-6-7-23-12(8-22)9-25-10-14(23)11-3-4-11/h1-2,5,11-12,14H,3-4,6-10H2/t12-,14-/m1/s1. The summed E-state index contributed by atoms with van der Waals surface area (Å²) in [6.07, 6.45) is -1.15. The third kappa shape index (κ3) is 3.25. The molecule has 0 aromatic carbocycles. The van der Waals surface area contributed by atoms with Crippen molar-refractivity contribution in [3.05, 3.63) is 29.6 Å². The molecule has 1 aromatic rings. The molecule has 4 rings (SSSR count). The first-order chi connectivity index (χ1) is 11.9. The predicted octanol–water partition coefficient (Wildman–Crippen LogP) is 2.04. The number of nitrogens with zero attached hydrogens (tertiary/aromatic N) is 3. The Morgan fingerprint density at radius 1 is 1.24 bits per heavy atom. The first-order valence-electron chi connectivity index (χ1n) is 8.60. The first kappa shape index (κ1) is 16.8. The van der Waals surface area contributed by atoms with Crippen LogP contribution in [0.25, 0.3) is 0 Å². The Balaban J connectivity index is 1.51. The molecule has 136 valence electrons. The summed E-state index contributed by atoms with van der Waals surface area (Å²) in [6, 6.07) is 3.02. The Morgan fingerprint density at radius 2 is 2.04 bits per heavy atom. The highest BCUT2D eigenvalue weighted by atomic mass is 19.4. The molecule has 2 atom stereocenters. The zero-order valence-corrected chi connectivity index (χ0v) is 13.7.